The summed E-state index contributed by atoms with van der Waals surface area (Å²) in [6.45, 7) is 0. The highest BCUT2D eigenvalue weighted by Gasteiger charge is 2.16. The fraction of sp³-hybridized carbons (Fsp3) is 0.125. The maximum Gasteiger partial charge on any atom is 0.228 e. The fourth-order valence-electron chi connectivity index (χ4n) is 2.36. The second kappa shape index (κ2) is 5.69. The van der Waals surface area contributed by atoms with E-state index >= 15 is 0 Å². The monoisotopic (exact) mass is 344 g/mol. The lowest BCUT2D eigenvalue weighted by Gasteiger charge is -1.96. The number of carbonyl (C=O) groups is 2. The van der Waals surface area contributed by atoms with Crippen LogP contribution in [-0.2, 0) is 22.4 Å². The topological polar surface area (TPSA) is 58.2 Å². The van der Waals surface area contributed by atoms with Gasteiger partial charge in [0.25, 0.3) is 0 Å². The van der Waals surface area contributed by atoms with Crippen molar-refractivity contribution in [3.05, 3.63) is 58.1 Å². The van der Waals surface area contributed by atoms with Gasteiger partial charge in [-0.25, -0.2) is 0 Å². The molecule has 0 saturated carbocycles. The van der Waals surface area contributed by atoms with Gasteiger partial charge in [0.15, 0.2) is 0 Å². The third kappa shape index (κ3) is 3.13. The molecule has 0 spiro atoms. The first-order valence-electron chi connectivity index (χ1n) is 6.58. The van der Waals surface area contributed by atoms with Crippen LogP contribution in [0.5, 0.6) is 0 Å². The van der Waals surface area contributed by atoms with E-state index in [1.165, 1.54) is 0 Å². The molecule has 2 aliphatic heterocycles. The number of hydrogen-bond donors (Lipinski definition) is 2. The summed E-state index contributed by atoms with van der Waals surface area (Å²) in [5.74, 6) is 0.180. The Kier molecular flexibility index (Phi) is 3.75. The Bertz CT molecular complexity index is 701. The first kappa shape index (κ1) is 13.8. The van der Waals surface area contributed by atoms with Crippen LogP contribution < -0.4 is 10.6 Å². The zero-order valence-electron chi connectivity index (χ0n) is 11.2. The van der Waals surface area contributed by atoms with Gasteiger partial charge in [-0.15, -0.1) is 0 Å². The van der Waals surface area contributed by atoms with E-state index in [1.807, 2.05) is 42.5 Å². The first-order chi connectivity index (χ1) is 10.1. The highest BCUT2D eigenvalue weighted by atomic mass is 79.9. The van der Waals surface area contributed by atoms with Gasteiger partial charge in [-0.3, -0.25) is 9.59 Å². The number of benzene rings is 2. The molecule has 4 rings (SSSR count). The average molecular weight is 345 g/mol. The molecule has 5 heteroatoms. The summed E-state index contributed by atoms with van der Waals surface area (Å²) in [6.07, 6.45) is 1.05. The molecule has 106 valence electrons. The molecular formula is C16H13BrN2O2. The number of anilines is 2. The van der Waals surface area contributed by atoms with E-state index in [1.54, 1.807) is 0 Å². The summed E-state index contributed by atoms with van der Waals surface area (Å²) >= 11 is 3.35. The third-order valence-electron chi connectivity index (χ3n) is 3.33. The molecule has 2 aromatic rings. The molecule has 2 amide bonds. The molecule has 2 heterocycles. The lowest BCUT2D eigenvalue weighted by atomic mass is 10.2. The quantitative estimate of drug-likeness (QED) is 0.771. The van der Waals surface area contributed by atoms with Crippen LogP contribution in [0, 0.1) is 0 Å². The summed E-state index contributed by atoms with van der Waals surface area (Å²) in [4.78, 5) is 21.7. The van der Waals surface area contributed by atoms with Crippen LogP contribution in [-0.4, -0.2) is 11.8 Å². The predicted molar refractivity (Wildman–Crippen MR) is 85.3 cm³/mol. The second-order valence-electron chi connectivity index (χ2n) is 4.91. The summed E-state index contributed by atoms with van der Waals surface area (Å²) < 4.78 is 1.02. The van der Waals surface area contributed by atoms with E-state index < -0.39 is 0 Å². The van der Waals surface area contributed by atoms with Gasteiger partial charge in [0.1, 0.15) is 0 Å². The van der Waals surface area contributed by atoms with Crippen LogP contribution >= 0.6 is 15.9 Å². The van der Waals surface area contributed by atoms with Crippen LogP contribution in [0.4, 0.5) is 11.4 Å². The van der Waals surface area contributed by atoms with E-state index in [9.17, 15) is 9.59 Å². The number of rotatable bonds is 0. The highest BCUT2D eigenvalue weighted by Crippen LogP contribution is 2.25. The van der Waals surface area contributed by atoms with Crippen molar-refractivity contribution in [3.63, 3.8) is 0 Å². The van der Waals surface area contributed by atoms with Crippen molar-refractivity contribution in [2.24, 2.45) is 0 Å². The smallest absolute Gasteiger partial charge is 0.228 e. The van der Waals surface area contributed by atoms with Crippen molar-refractivity contribution in [1.82, 2.24) is 0 Å². The zero-order chi connectivity index (χ0) is 14.8. The van der Waals surface area contributed by atoms with Crippen molar-refractivity contribution in [1.29, 1.82) is 0 Å². The molecule has 21 heavy (non-hydrogen) atoms. The number of carbonyl (C=O) groups excluding carboxylic acids is 2. The van der Waals surface area contributed by atoms with E-state index in [-0.39, 0.29) is 11.8 Å². The molecule has 2 aromatic carbocycles. The molecule has 2 aliphatic rings. The molecule has 0 radical (unpaired) electrons. The summed E-state index contributed by atoms with van der Waals surface area (Å²) in [5.41, 5.74) is 4.09. The molecule has 4 nitrogen and oxygen atoms in total. The molecule has 0 bridgehead atoms. The van der Waals surface area contributed by atoms with Gasteiger partial charge in [-0.2, -0.15) is 0 Å². The zero-order valence-corrected chi connectivity index (χ0v) is 12.7. The molecular weight excluding hydrogens is 332 g/mol. The van der Waals surface area contributed by atoms with Gasteiger partial charge in [0.05, 0.1) is 12.8 Å². The number of amides is 2. The SMILES string of the molecule is O=C1Cc2cc(Br)ccc2N1.O=C1Cc2ccccc2N1. The third-order valence-corrected chi connectivity index (χ3v) is 3.83. The Balaban J connectivity index is 0.000000126. The highest BCUT2D eigenvalue weighted by molar-refractivity contribution is 9.10. The van der Waals surface area contributed by atoms with E-state index in [2.05, 4.69) is 26.6 Å². The van der Waals surface area contributed by atoms with Crippen molar-refractivity contribution < 1.29 is 9.59 Å². The molecule has 0 fully saturated rings. The largest absolute Gasteiger partial charge is 0.326 e. The van der Waals surface area contributed by atoms with Crippen molar-refractivity contribution in [2.75, 3.05) is 10.6 Å². The lowest BCUT2D eigenvalue weighted by molar-refractivity contribution is -0.115. The minimum Gasteiger partial charge on any atom is -0.326 e. The normalized spacial score (nSPS) is 14.5. The molecule has 2 N–H and O–H groups in total. The Labute approximate surface area is 130 Å². The van der Waals surface area contributed by atoms with Gasteiger partial charge in [0.2, 0.25) is 11.8 Å². The Morgan fingerprint density at radius 3 is 2.14 bits per heavy atom. The Hall–Kier alpha value is -2.14. The number of fused-ring (bicyclic) bond motifs is 2. The Morgan fingerprint density at radius 1 is 0.810 bits per heavy atom. The molecule has 0 saturated heterocycles. The van der Waals surface area contributed by atoms with Crippen LogP contribution in [0.3, 0.4) is 0 Å². The molecule has 0 aliphatic carbocycles. The van der Waals surface area contributed by atoms with Gasteiger partial charge in [-0.1, -0.05) is 34.1 Å². The summed E-state index contributed by atoms with van der Waals surface area (Å²) in [5, 5.41) is 5.52. The predicted octanol–water partition coefficient (Wildman–Crippen LogP) is 3.12. The first-order valence-corrected chi connectivity index (χ1v) is 7.37. The van der Waals surface area contributed by atoms with Gasteiger partial charge < -0.3 is 10.6 Å². The number of hydrogen-bond acceptors (Lipinski definition) is 2. The second-order valence-corrected chi connectivity index (χ2v) is 5.82. The van der Waals surface area contributed by atoms with Gasteiger partial charge in [-0.05, 0) is 35.4 Å². The van der Waals surface area contributed by atoms with Crippen molar-refractivity contribution >= 4 is 39.1 Å². The van der Waals surface area contributed by atoms with E-state index in [0.29, 0.717) is 12.8 Å². The van der Waals surface area contributed by atoms with Crippen molar-refractivity contribution in [2.45, 2.75) is 12.8 Å². The summed E-state index contributed by atoms with van der Waals surface area (Å²) in [6, 6.07) is 13.5. The van der Waals surface area contributed by atoms with Gasteiger partial charge >= 0.3 is 0 Å². The maximum absolute atomic E-state index is 10.9. The van der Waals surface area contributed by atoms with Crippen LogP contribution in [0.15, 0.2) is 46.9 Å². The minimum absolute atomic E-state index is 0.0816. The fourth-order valence-corrected chi connectivity index (χ4v) is 2.77. The average Bonchev–Trinajstić information content (AvgIpc) is 2.99. The van der Waals surface area contributed by atoms with Crippen LogP contribution in [0.25, 0.3) is 0 Å². The standard InChI is InChI=1S/C8H6BrNO.C8H7NO/c9-6-1-2-7-5(3-6)4-8(11)10-7;10-8-5-6-3-1-2-4-7(6)9-8/h1-3H,4H2,(H,10,11);1-4H,5H2,(H,9,10). The van der Waals surface area contributed by atoms with Crippen molar-refractivity contribution in [3.8, 4) is 0 Å². The number of halogens is 1. The maximum atomic E-state index is 10.9. The minimum atomic E-state index is 0.0816. The number of para-hydroxylation sites is 1. The molecule has 0 aromatic heterocycles. The molecule has 0 atom stereocenters. The van der Waals surface area contributed by atoms with Crippen LogP contribution in [0.2, 0.25) is 0 Å². The summed E-state index contributed by atoms with van der Waals surface area (Å²) in [7, 11) is 0. The Morgan fingerprint density at radius 2 is 1.43 bits per heavy atom. The van der Waals surface area contributed by atoms with Crippen LogP contribution in [0.1, 0.15) is 11.1 Å². The molecule has 0 unspecified atom stereocenters. The number of nitrogens with one attached hydrogen (secondary N) is 2. The van der Waals surface area contributed by atoms with E-state index in [0.717, 1.165) is 27.0 Å². The lowest BCUT2D eigenvalue weighted by Crippen LogP contribution is -2.03. The van der Waals surface area contributed by atoms with Gasteiger partial charge in [0, 0.05) is 15.8 Å². The van der Waals surface area contributed by atoms with E-state index in [4.69, 9.17) is 0 Å².